The van der Waals surface area contributed by atoms with E-state index in [9.17, 15) is 22.4 Å². The van der Waals surface area contributed by atoms with Crippen LogP contribution in [0.2, 0.25) is 0 Å². The highest BCUT2D eigenvalue weighted by molar-refractivity contribution is 6.03. The molecule has 0 radical (unpaired) electrons. The molecule has 2 aromatic carbocycles. The van der Waals surface area contributed by atoms with Crippen molar-refractivity contribution in [3.63, 3.8) is 0 Å². The van der Waals surface area contributed by atoms with Crippen molar-refractivity contribution in [3.05, 3.63) is 71.3 Å². The van der Waals surface area contributed by atoms with Gasteiger partial charge in [-0.2, -0.15) is 13.2 Å². The van der Waals surface area contributed by atoms with Crippen LogP contribution in [0.25, 0.3) is 5.69 Å². The summed E-state index contributed by atoms with van der Waals surface area (Å²) < 4.78 is 60.5. The summed E-state index contributed by atoms with van der Waals surface area (Å²) in [5.41, 5.74) is -1.26. The maximum atomic E-state index is 13.8. The Kier molecular flexibility index (Phi) is 6.19. The molecule has 168 valence electrons. The molecular weight excluding hydrogens is 430 g/mol. The Balaban J connectivity index is 1.58. The smallest absolute Gasteiger partial charge is 0.379 e. The van der Waals surface area contributed by atoms with E-state index < -0.39 is 29.3 Å². The molecule has 11 heteroatoms. The number of amides is 1. The quantitative estimate of drug-likeness (QED) is 0.604. The number of aromatic nitrogens is 3. The molecule has 1 saturated heterocycles. The molecule has 1 aromatic heterocycles. The van der Waals surface area contributed by atoms with Crippen molar-refractivity contribution in [2.24, 2.45) is 0 Å². The first kappa shape index (κ1) is 21.9. The van der Waals surface area contributed by atoms with Gasteiger partial charge in [0, 0.05) is 25.3 Å². The van der Waals surface area contributed by atoms with Gasteiger partial charge < -0.3 is 10.1 Å². The van der Waals surface area contributed by atoms with E-state index in [4.69, 9.17) is 4.74 Å². The normalized spacial score (nSPS) is 15.0. The number of hydrogen-bond donors (Lipinski definition) is 1. The van der Waals surface area contributed by atoms with E-state index in [2.05, 4.69) is 20.5 Å². The third-order valence-corrected chi connectivity index (χ3v) is 4.90. The molecule has 0 aliphatic carbocycles. The van der Waals surface area contributed by atoms with Crippen molar-refractivity contribution in [1.29, 1.82) is 0 Å². The molecule has 1 aliphatic heterocycles. The Bertz CT molecular complexity index is 1110. The van der Waals surface area contributed by atoms with Crippen LogP contribution >= 0.6 is 0 Å². The number of hydrogen-bond acceptors (Lipinski definition) is 5. The molecule has 0 spiro atoms. The number of ether oxygens (including phenoxy) is 1. The number of rotatable bonds is 5. The van der Waals surface area contributed by atoms with E-state index in [1.807, 2.05) is 6.07 Å². The minimum Gasteiger partial charge on any atom is -0.379 e. The van der Waals surface area contributed by atoms with Crippen LogP contribution in [0.3, 0.4) is 0 Å². The van der Waals surface area contributed by atoms with Crippen molar-refractivity contribution >= 4 is 11.6 Å². The average molecular weight is 449 g/mol. The monoisotopic (exact) mass is 449 g/mol. The number of alkyl halides is 3. The van der Waals surface area contributed by atoms with Crippen molar-refractivity contribution in [1.82, 2.24) is 19.9 Å². The number of nitrogens with one attached hydrogen (secondary N) is 1. The molecule has 0 saturated carbocycles. The fourth-order valence-electron chi connectivity index (χ4n) is 3.43. The molecule has 32 heavy (non-hydrogen) atoms. The largest absolute Gasteiger partial charge is 0.435 e. The Morgan fingerprint density at radius 2 is 1.84 bits per heavy atom. The zero-order chi connectivity index (χ0) is 22.7. The van der Waals surface area contributed by atoms with E-state index in [1.54, 1.807) is 18.2 Å². The van der Waals surface area contributed by atoms with Crippen LogP contribution in [-0.4, -0.2) is 52.1 Å². The highest BCUT2D eigenvalue weighted by Crippen LogP contribution is 2.33. The fourth-order valence-corrected chi connectivity index (χ4v) is 3.43. The van der Waals surface area contributed by atoms with Gasteiger partial charge in [-0.05, 0) is 35.9 Å². The highest BCUT2D eigenvalue weighted by atomic mass is 19.4. The fraction of sp³-hybridized carbons (Fsp3) is 0.286. The molecule has 0 unspecified atom stereocenters. The van der Waals surface area contributed by atoms with Crippen LogP contribution in [0.1, 0.15) is 21.7 Å². The lowest BCUT2D eigenvalue weighted by atomic mass is 10.1. The second-order valence-electron chi connectivity index (χ2n) is 7.22. The van der Waals surface area contributed by atoms with Crippen LogP contribution in [-0.2, 0) is 17.5 Å². The van der Waals surface area contributed by atoms with Gasteiger partial charge in [-0.15, -0.1) is 5.10 Å². The maximum absolute atomic E-state index is 13.8. The van der Waals surface area contributed by atoms with Crippen LogP contribution in [0.15, 0.2) is 48.5 Å². The first-order valence-electron chi connectivity index (χ1n) is 9.80. The molecule has 0 atom stereocenters. The van der Waals surface area contributed by atoms with E-state index in [1.165, 1.54) is 12.1 Å². The van der Waals surface area contributed by atoms with Crippen LogP contribution in [0.5, 0.6) is 0 Å². The Hall–Kier alpha value is -3.31. The molecule has 1 aliphatic rings. The van der Waals surface area contributed by atoms with E-state index in [-0.39, 0.29) is 5.69 Å². The number of anilines is 1. The third kappa shape index (κ3) is 4.94. The molecule has 1 fully saturated rings. The summed E-state index contributed by atoms with van der Waals surface area (Å²) in [5, 5.41) is 9.34. The van der Waals surface area contributed by atoms with E-state index in [0.717, 1.165) is 30.8 Å². The van der Waals surface area contributed by atoms with Gasteiger partial charge in [0.25, 0.3) is 5.91 Å². The summed E-state index contributed by atoms with van der Waals surface area (Å²) >= 11 is 0. The Morgan fingerprint density at radius 1 is 1.09 bits per heavy atom. The number of carbonyl (C=O) groups is 1. The average Bonchev–Trinajstić information content (AvgIpc) is 3.21. The van der Waals surface area contributed by atoms with Crippen molar-refractivity contribution < 1.29 is 27.1 Å². The van der Waals surface area contributed by atoms with Crippen LogP contribution in [0.4, 0.5) is 23.2 Å². The molecule has 1 N–H and O–H groups in total. The van der Waals surface area contributed by atoms with E-state index >= 15 is 0 Å². The topological polar surface area (TPSA) is 72.3 Å². The SMILES string of the molecule is O=C(Nc1cccc(CN2CCOCC2)c1)c1nnn(-c2cccc(F)c2)c1C(F)(F)F. The van der Waals surface area contributed by atoms with Gasteiger partial charge in [0.05, 0.1) is 18.9 Å². The first-order chi connectivity index (χ1) is 15.3. The summed E-state index contributed by atoms with van der Waals surface area (Å²) in [6.07, 6.45) is -4.94. The molecule has 1 amide bonds. The maximum Gasteiger partial charge on any atom is 0.435 e. The summed E-state index contributed by atoms with van der Waals surface area (Å²) in [6.45, 7) is 3.44. The predicted molar refractivity (Wildman–Crippen MR) is 107 cm³/mol. The van der Waals surface area contributed by atoms with Crippen molar-refractivity contribution in [2.75, 3.05) is 31.6 Å². The molecule has 7 nitrogen and oxygen atoms in total. The first-order valence-corrected chi connectivity index (χ1v) is 9.80. The number of nitrogens with zero attached hydrogens (tertiary/aromatic N) is 4. The lowest BCUT2D eigenvalue weighted by molar-refractivity contribution is -0.143. The zero-order valence-electron chi connectivity index (χ0n) is 16.8. The summed E-state index contributed by atoms with van der Waals surface area (Å²) in [4.78, 5) is 14.8. The second-order valence-corrected chi connectivity index (χ2v) is 7.22. The zero-order valence-corrected chi connectivity index (χ0v) is 16.8. The van der Waals surface area contributed by atoms with Crippen LogP contribution < -0.4 is 5.32 Å². The lowest BCUT2D eigenvalue weighted by Gasteiger charge is -2.26. The van der Waals surface area contributed by atoms with E-state index in [0.29, 0.717) is 30.1 Å². The standard InChI is InChI=1S/C21H19F4N5O2/c22-15-4-2-6-17(12-15)30-19(21(23,24)25)18(27-28-30)20(31)26-16-5-1-3-14(11-16)13-29-7-9-32-10-8-29/h1-6,11-12H,7-10,13H2,(H,26,31). The van der Waals surface area contributed by atoms with Gasteiger partial charge in [0.1, 0.15) is 5.82 Å². The minimum atomic E-state index is -4.94. The summed E-state index contributed by atoms with van der Waals surface area (Å²) in [5.74, 6) is -1.81. The minimum absolute atomic E-state index is 0.198. The number of halogens is 4. The molecule has 4 rings (SSSR count). The number of carbonyl (C=O) groups excluding carboxylic acids is 1. The van der Waals surface area contributed by atoms with Gasteiger partial charge in [0.15, 0.2) is 11.4 Å². The lowest BCUT2D eigenvalue weighted by Crippen LogP contribution is -2.35. The van der Waals surface area contributed by atoms with Gasteiger partial charge in [-0.3, -0.25) is 9.69 Å². The molecular formula is C21H19F4N5O2. The van der Waals surface area contributed by atoms with Gasteiger partial charge >= 0.3 is 6.18 Å². The second kappa shape index (κ2) is 9.05. The van der Waals surface area contributed by atoms with Gasteiger partial charge in [-0.25, -0.2) is 9.07 Å². The number of morpholine rings is 1. The number of benzene rings is 2. The highest BCUT2D eigenvalue weighted by Gasteiger charge is 2.42. The van der Waals surface area contributed by atoms with Crippen molar-refractivity contribution in [2.45, 2.75) is 12.7 Å². The molecule has 0 bridgehead atoms. The predicted octanol–water partition coefficient (Wildman–Crippen LogP) is 3.51. The Labute approximate surface area is 180 Å². The van der Waals surface area contributed by atoms with Crippen LogP contribution in [0, 0.1) is 5.82 Å². The Morgan fingerprint density at radius 3 is 2.56 bits per heavy atom. The molecule has 2 heterocycles. The molecule has 3 aromatic rings. The van der Waals surface area contributed by atoms with Gasteiger partial charge in [0.2, 0.25) is 0 Å². The summed E-state index contributed by atoms with van der Waals surface area (Å²) in [7, 11) is 0. The summed E-state index contributed by atoms with van der Waals surface area (Å²) in [6, 6.07) is 11.3. The third-order valence-electron chi connectivity index (χ3n) is 4.90. The van der Waals surface area contributed by atoms with Crippen molar-refractivity contribution in [3.8, 4) is 5.69 Å². The van der Waals surface area contributed by atoms with Gasteiger partial charge in [-0.1, -0.05) is 23.4 Å².